The Labute approximate surface area is 204 Å². The van der Waals surface area contributed by atoms with Gasteiger partial charge in [0.25, 0.3) is 0 Å². The van der Waals surface area contributed by atoms with E-state index in [0.717, 1.165) is 32.1 Å². The number of carboxylic acids is 2. The van der Waals surface area contributed by atoms with Gasteiger partial charge in [-0.3, -0.25) is 9.59 Å². The predicted molar refractivity (Wildman–Crippen MR) is 138 cm³/mol. The highest BCUT2D eigenvalue weighted by molar-refractivity contribution is 5.87. The standard InChI is InChI=1S/C29H54O4/c1-4-5-6-7-8-9-10-11-12-13-14-15-16-17-18-21-28(26(30)31)22-19-20-23-29(28,27(32)33)24-25(2)3/h25H,4-24H2,1-3H3,(H,30,31)(H,32,33). The first-order chi connectivity index (χ1) is 15.8. The molecule has 0 radical (unpaired) electrons. The molecule has 4 heteroatoms. The number of hydrogen-bond donors (Lipinski definition) is 2. The Hall–Kier alpha value is -1.06. The molecule has 0 aromatic heterocycles. The maximum absolute atomic E-state index is 12.5. The van der Waals surface area contributed by atoms with Gasteiger partial charge in [-0.1, -0.05) is 130 Å². The molecule has 2 unspecified atom stereocenters. The monoisotopic (exact) mass is 466 g/mol. The average molecular weight is 467 g/mol. The van der Waals surface area contributed by atoms with Crippen LogP contribution in [-0.4, -0.2) is 22.2 Å². The fraction of sp³-hybridized carbons (Fsp3) is 0.931. The molecule has 1 fully saturated rings. The van der Waals surface area contributed by atoms with Crippen molar-refractivity contribution in [2.75, 3.05) is 0 Å². The van der Waals surface area contributed by atoms with Gasteiger partial charge < -0.3 is 10.2 Å². The minimum atomic E-state index is -1.11. The zero-order valence-corrected chi connectivity index (χ0v) is 22.1. The molecule has 1 saturated carbocycles. The molecule has 1 aliphatic rings. The Kier molecular flexibility index (Phi) is 15.0. The highest BCUT2D eigenvalue weighted by atomic mass is 16.4. The lowest BCUT2D eigenvalue weighted by molar-refractivity contribution is -0.183. The predicted octanol–water partition coefficient (Wildman–Crippen LogP) is 9.01. The van der Waals surface area contributed by atoms with Gasteiger partial charge in [0, 0.05) is 0 Å². The molecule has 1 rings (SSSR count). The van der Waals surface area contributed by atoms with Gasteiger partial charge in [0.1, 0.15) is 0 Å². The second kappa shape index (κ2) is 16.5. The number of rotatable bonds is 20. The van der Waals surface area contributed by atoms with Crippen molar-refractivity contribution in [1.29, 1.82) is 0 Å². The Morgan fingerprint density at radius 1 is 0.636 bits per heavy atom. The third-order valence-electron chi connectivity index (χ3n) is 8.16. The molecule has 0 aromatic carbocycles. The normalized spacial score (nSPS) is 23.2. The summed E-state index contributed by atoms with van der Waals surface area (Å²) in [4.78, 5) is 24.9. The third-order valence-corrected chi connectivity index (χ3v) is 8.16. The summed E-state index contributed by atoms with van der Waals surface area (Å²) in [5, 5.41) is 20.4. The van der Waals surface area contributed by atoms with E-state index in [9.17, 15) is 19.8 Å². The summed E-state index contributed by atoms with van der Waals surface area (Å²) in [6.07, 6.45) is 22.8. The second-order valence-electron chi connectivity index (χ2n) is 11.3. The lowest BCUT2D eigenvalue weighted by Gasteiger charge is -2.49. The molecule has 0 bridgehead atoms. The molecule has 2 atom stereocenters. The number of aliphatic carboxylic acids is 2. The molecule has 2 N–H and O–H groups in total. The average Bonchev–Trinajstić information content (AvgIpc) is 2.76. The van der Waals surface area contributed by atoms with Crippen molar-refractivity contribution in [3.8, 4) is 0 Å². The summed E-state index contributed by atoms with van der Waals surface area (Å²) in [6, 6.07) is 0. The van der Waals surface area contributed by atoms with Gasteiger partial charge in [-0.25, -0.2) is 0 Å². The highest BCUT2D eigenvalue weighted by Crippen LogP contribution is 2.57. The van der Waals surface area contributed by atoms with Crippen LogP contribution in [0.4, 0.5) is 0 Å². The largest absolute Gasteiger partial charge is 0.481 e. The summed E-state index contributed by atoms with van der Waals surface area (Å²) in [7, 11) is 0. The van der Waals surface area contributed by atoms with E-state index in [1.807, 2.05) is 13.8 Å². The first-order valence-corrected chi connectivity index (χ1v) is 14.3. The molecule has 0 amide bonds. The van der Waals surface area contributed by atoms with Crippen LogP contribution in [0.1, 0.15) is 156 Å². The summed E-state index contributed by atoms with van der Waals surface area (Å²) in [5.74, 6) is -1.59. The van der Waals surface area contributed by atoms with Gasteiger partial charge in [0.2, 0.25) is 0 Å². The van der Waals surface area contributed by atoms with E-state index in [4.69, 9.17) is 0 Å². The Balaban J connectivity index is 2.30. The number of unbranched alkanes of at least 4 members (excludes halogenated alkanes) is 14. The van der Waals surface area contributed by atoms with Crippen LogP contribution in [0.5, 0.6) is 0 Å². The molecule has 4 nitrogen and oxygen atoms in total. The minimum absolute atomic E-state index is 0.180. The van der Waals surface area contributed by atoms with E-state index in [-0.39, 0.29) is 5.92 Å². The van der Waals surface area contributed by atoms with Gasteiger partial charge >= 0.3 is 11.9 Å². The summed E-state index contributed by atoms with van der Waals surface area (Å²) in [5.41, 5.74) is -2.21. The quantitative estimate of drug-likeness (QED) is 0.175. The van der Waals surface area contributed by atoms with E-state index in [1.165, 1.54) is 77.0 Å². The van der Waals surface area contributed by atoms with Gasteiger partial charge in [-0.15, -0.1) is 0 Å². The third kappa shape index (κ3) is 9.61. The molecule has 0 aliphatic heterocycles. The SMILES string of the molecule is CCCCCCCCCCCCCCCCCC1(C(=O)O)CCCCC1(CC(C)C)C(=O)O. The summed E-state index contributed by atoms with van der Waals surface area (Å²) in [6.45, 7) is 6.29. The molecule has 0 saturated heterocycles. The van der Waals surface area contributed by atoms with Crippen LogP contribution in [0, 0.1) is 16.7 Å². The maximum Gasteiger partial charge on any atom is 0.310 e. The fourth-order valence-electron chi connectivity index (χ4n) is 6.31. The zero-order chi connectivity index (χ0) is 24.6. The molecular weight excluding hydrogens is 412 g/mol. The van der Waals surface area contributed by atoms with Crippen LogP contribution in [0.2, 0.25) is 0 Å². The highest BCUT2D eigenvalue weighted by Gasteiger charge is 2.61. The maximum atomic E-state index is 12.5. The van der Waals surface area contributed by atoms with Gasteiger partial charge in [-0.05, 0) is 31.6 Å². The van der Waals surface area contributed by atoms with E-state index in [2.05, 4.69) is 6.92 Å². The smallest absolute Gasteiger partial charge is 0.310 e. The first-order valence-electron chi connectivity index (χ1n) is 14.3. The lowest BCUT2D eigenvalue weighted by Crippen LogP contribution is -2.55. The van der Waals surface area contributed by atoms with Crippen molar-refractivity contribution in [3.05, 3.63) is 0 Å². The Morgan fingerprint density at radius 2 is 1.00 bits per heavy atom. The molecule has 1 aliphatic carbocycles. The number of carbonyl (C=O) groups is 2. The summed E-state index contributed by atoms with van der Waals surface area (Å²) < 4.78 is 0. The Morgan fingerprint density at radius 3 is 1.36 bits per heavy atom. The molecular formula is C29H54O4. The molecule has 0 aromatic rings. The van der Waals surface area contributed by atoms with Crippen molar-refractivity contribution in [2.24, 2.45) is 16.7 Å². The van der Waals surface area contributed by atoms with Crippen LogP contribution in [0.25, 0.3) is 0 Å². The lowest BCUT2D eigenvalue weighted by atomic mass is 9.51. The molecule has 194 valence electrons. The Bertz CT molecular complexity index is 544. The molecule has 0 heterocycles. The van der Waals surface area contributed by atoms with Crippen LogP contribution >= 0.6 is 0 Å². The topological polar surface area (TPSA) is 74.6 Å². The number of hydrogen-bond acceptors (Lipinski definition) is 2. The van der Waals surface area contributed by atoms with Crippen LogP contribution in [0.15, 0.2) is 0 Å². The van der Waals surface area contributed by atoms with Gasteiger partial charge in [0.05, 0.1) is 10.8 Å². The van der Waals surface area contributed by atoms with Crippen LogP contribution in [0.3, 0.4) is 0 Å². The molecule has 33 heavy (non-hydrogen) atoms. The van der Waals surface area contributed by atoms with Crippen LogP contribution < -0.4 is 0 Å². The first kappa shape index (κ1) is 30.0. The van der Waals surface area contributed by atoms with E-state index < -0.39 is 22.8 Å². The van der Waals surface area contributed by atoms with Crippen molar-refractivity contribution in [1.82, 2.24) is 0 Å². The van der Waals surface area contributed by atoms with E-state index in [1.54, 1.807) is 0 Å². The fourth-order valence-corrected chi connectivity index (χ4v) is 6.31. The van der Waals surface area contributed by atoms with E-state index >= 15 is 0 Å². The van der Waals surface area contributed by atoms with Crippen molar-refractivity contribution < 1.29 is 19.8 Å². The van der Waals surface area contributed by atoms with Gasteiger partial charge in [-0.2, -0.15) is 0 Å². The minimum Gasteiger partial charge on any atom is -0.481 e. The van der Waals surface area contributed by atoms with Crippen molar-refractivity contribution in [2.45, 2.75) is 156 Å². The number of carboxylic acid groups (broad SMARTS) is 2. The second-order valence-corrected chi connectivity index (χ2v) is 11.3. The van der Waals surface area contributed by atoms with E-state index in [0.29, 0.717) is 25.7 Å². The zero-order valence-electron chi connectivity index (χ0n) is 22.1. The van der Waals surface area contributed by atoms with Gasteiger partial charge in [0.15, 0.2) is 0 Å². The van der Waals surface area contributed by atoms with Crippen molar-refractivity contribution in [3.63, 3.8) is 0 Å². The van der Waals surface area contributed by atoms with Crippen molar-refractivity contribution >= 4 is 11.9 Å². The van der Waals surface area contributed by atoms with Crippen LogP contribution in [-0.2, 0) is 9.59 Å². The summed E-state index contributed by atoms with van der Waals surface area (Å²) >= 11 is 0. The molecule has 0 spiro atoms.